The van der Waals surface area contributed by atoms with E-state index in [4.69, 9.17) is 0 Å². The molecule has 0 fully saturated rings. The number of halogens is 9. The largest absolute Gasteiger partial charge is 0.428 e. The lowest BCUT2D eigenvalue weighted by molar-refractivity contribution is -0.403. The number of rotatable bonds is 5. The molecule has 0 bridgehead atoms. The van der Waals surface area contributed by atoms with Gasteiger partial charge in [0.25, 0.3) is 17.2 Å². The van der Waals surface area contributed by atoms with E-state index in [1.54, 1.807) is 0 Å². The fourth-order valence-corrected chi connectivity index (χ4v) is 1.36. The Balaban J connectivity index is 6.04. The zero-order valence-electron chi connectivity index (χ0n) is 11.6. The van der Waals surface area contributed by atoms with Crippen LogP contribution >= 0.6 is 0 Å². The summed E-state index contributed by atoms with van der Waals surface area (Å²) in [7, 11) is 0. The number of alkyl halides is 9. The predicted octanol–water partition coefficient (Wildman–Crippen LogP) is 4.91. The summed E-state index contributed by atoms with van der Waals surface area (Å²) in [5.74, 6) is -6.05. The minimum absolute atomic E-state index is 0.531. The van der Waals surface area contributed by atoms with E-state index in [2.05, 4.69) is 4.74 Å². The van der Waals surface area contributed by atoms with Gasteiger partial charge in [0.05, 0.1) is 6.61 Å². The van der Waals surface area contributed by atoms with Crippen molar-refractivity contribution in [1.82, 2.24) is 0 Å². The van der Waals surface area contributed by atoms with Gasteiger partial charge in [-0.2, -0.15) is 26.3 Å². The molecule has 21 heavy (non-hydrogen) atoms. The van der Waals surface area contributed by atoms with Crippen molar-refractivity contribution in [2.75, 3.05) is 6.61 Å². The van der Waals surface area contributed by atoms with Gasteiger partial charge in [0, 0.05) is 0 Å². The Kier molecular flexibility index (Phi) is 5.33. The molecule has 0 radical (unpaired) electrons. The third-order valence-electron chi connectivity index (χ3n) is 2.89. The second-order valence-corrected chi connectivity index (χ2v) is 5.30. The van der Waals surface area contributed by atoms with Gasteiger partial charge in [0.15, 0.2) is 0 Å². The lowest BCUT2D eigenvalue weighted by Crippen LogP contribution is -2.70. The summed E-state index contributed by atoms with van der Waals surface area (Å²) in [6, 6.07) is 0. The van der Waals surface area contributed by atoms with Gasteiger partial charge in [-0.25, -0.2) is 13.2 Å². The average molecular weight is 334 g/mol. The maximum atomic E-state index is 14.3. The SMILES string of the molecule is CC(C)COC(F)(C(C)(F)C(F)(F)F)C(C)(F)C(F)(F)F. The molecule has 2 unspecified atom stereocenters. The summed E-state index contributed by atoms with van der Waals surface area (Å²) < 4.78 is 121. The standard InChI is InChI=1S/C11H15F9O/c1-6(2)5-21-9(14,7(3,12)10(15,16)17)8(4,13)11(18,19)20/h6H,5H2,1-4H3. The fraction of sp³-hybridized carbons (Fsp3) is 1.00. The Labute approximate surface area is 115 Å². The quantitative estimate of drug-likeness (QED) is 0.650. The van der Waals surface area contributed by atoms with E-state index in [0.717, 1.165) is 0 Å². The minimum atomic E-state index is -6.11. The first-order valence-electron chi connectivity index (χ1n) is 5.76. The predicted molar refractivity (Wildman–Crippen MR) is 55.8 cm³/mol. The molecular formula is C11H15F9O. The Morgan fingerprint density at radius 3 is 1.19 bits per heavy atom. The summed E-state index contributed by atoms with van der Waals surface area (Å²) in [5, 5.41) is 0. The molecule has 0 spiro atoms. The van der Waals surface area contributed by atoms with Crippen LogP contribution in [0.1, 0.15) is 27.7 Å². The van der Waals surface area contributed by atoms with Crippen LogP contribution in [0.3, 0.4) is 0 Å². The molecule has 0 amide bonds. The monoisotopic (exact) mass is 334 g/mol. The van der Waals surface area contributed by atoms with Gasteiger partial charge in [-0.05, 0) is 19.8 Å². The summed E-state index contributed by atoms with van der Waals surface area (Å²) in [6.45, 7) is 0.412. The first-order chi connectivity index (χ1) is 8.92. The zero-order valence-corrected chi connectivity index (χ0v) is 11.6. The van der Waals surface area contributed by atoms with Gasteiger partial charge in [0.1, 0.15) is 0 Å². The highest BCUT2D eigenvalue weighted by Gasteiger charge is 2.81. The van der Waals surface area contributed by atoms with Crippen molar-refractivity contribution in [2.24, 2.45) is 5.92 Å². The van der Waals surface area contributed by atoms with Crippen LogP contribution in [0.5, 0.6) is 0 Å². The molecule has 2 atom stereocenters. The van der Waals surface area contributed by atoms with Gasteiger partial charge in [0.2, 0.25) is 0 Å². The molecule has 0 rings (SSSR count). The Hall–Kier alpha value is -0.670. The van der Waals surface area contributed by atoms with Crippen LogP contribution in [0.15, 0.2) is 0 Å². The Morgan fingerprint density at radius 1 is 0.714 bits per heavy atom. The van der Waals surface area contributed by atoms with Crippen molar-refractivity contribution in [3.63, 3.8) is 0 Å². The van der Waals surface area contributed by atoms with Gasteiger partial charge in [-0.3, -0.25) is 0 Å². The molecule has 0 aliphatic rings. The van der Waals surface area contributed by atoms with Crippen molar-refractivity contribution in [2.45, 2.75) is 57.2 Å². The summed E-state index contributed by atoms with van der Waals surface area (Å²) in [5.41, 5.74) is -10.4. The first-order valence-corrected chi connectivity index (χ1v) is 5.76. The maximum absolute atomic E-state index is 14.3. The van der Waals surface area contributed by atoms with Crippen LogP contribution < -0.4 is 0 Å². The first kappa shape index (κ1) is 20.3. The number of hydrogen-bond donors (Lipinski definition) is 0. The molecule has 0 aromatic carbocycles. The van der Waals surface area contributed by atoms with Crippen LogP contribution in [0.4, 0.5) is 39.5 Å². The van der Waals surface area contributed by atoms with Gasteiger partial charge in [-0.15, -0.1) is 0 Å². The summed E-state index contributed by atoms with van der Waals surface area (Å²) in [6.07, 6.45) is -12.2. The molecule has 0 saturated carbocycles. The number of ether oxygens (including phenoxy) is 1. The van der Waals surface area contributed by atoms with E-state index < -0.39 is 55.9 Å². The summed E-state index contributed by atoms with van der Waals surface area (Å²) in [4.78, 5) is 0. The van der Waals surface area contributed by atoms with Crippen molar-refractivity contribution in [3.8, 4) is 0 Å². The van der Waals surface area contributed by atoms with E-state index in [-0.39, 0.29) is 0 Å². The topological polar surface area (TPSA) is 9.23 Å². The van der Waals surface area contributed by atoms with E-state index >= 15 is 0 Å². The molecular weight excluding hydrogens is 319 g/mol. The molecule has 128 valence electrons. The molecule has 0 aromatic rings. The normalized spacial score (nSPS) is 22.6. The highest BCUT2D eigenvalue weighted by atomic mass is 19.4. The fourth-order valence-electron chi connectivity index (χ4n) is 1.36. The van der Waals surface area contributed by atoms with Gasteiger partial charge < -0.3 is 4.74 Å². The highest BCUT2D eigenvalue weighted by Crippen LogP contribution is 2.55. The van der Waals surface area contributed by atoms with Crippen LogP contribution in [-0.4, -0.2) is 36.2 Å². The highest BCUT2D eigenvalue weighted by molar-refractivity contribution is 5.10. The molecule has 0 N–H and O–H groups in total. The smallest absolute Gasteiger partial charge is 0.340 e. The second kappa shape index (κ2) is 5.51. The molecule has 0 aliphatic heterocycles. The van der Waals surface area contributed by atoms with E-state index in [9.17, 15) is 39.5 Å². The Morgan fingerprint density at radius 2 is 1.00 bits per heavy atom. The van der Waals surface area contributed by atoms with E-state index in [0.29, 0.717) is 0 Å². The van der Waals surface area contributed by atoms with Crippen molar-refractivity contribution >= 4 is 0 Å². The second-order valence-electron chi connectivity index (χ2n) is 5.30. The molecule has 0 aromatic heterocycles. The van der Waals surface area contributed by atoms with Crippen LogP contribution in [0.2, 0.25) is 0 Å². The average Bonchev–Trinajstić information content (AvgIpc) is 2.21. The molecule has 10 heteroatoms. The minimum Gasteiger partial charge on any atom is -0.340 e. The molecule has 0 heterocycles. The summed E-state index contributed by atoms with van der Waals surface area (Å²) >= 11 is 0. The number of hydrogen-bond acceptors (Lipinski definition) is 1. The van der Waals surface area contributed by atoms with Crippen molar-refractivity contribution < 1.29 is 44.3 Å². The molecule has 0 aliphatic carbocycles. The maximum Gasteiger partial charge on any atom is 0.428 e. The van der Waals surface area contributed by atoms with E-state index in [1.807, 2.05) is 0 Å². The third-order valence-corrected chi connectivity index (χ3v) is 2.89. The van der Waals surface area contributed by atoms with Crippen molar-refractivity contribution in [3.05, 3.63) is 0 Å². The van der Waals surface area contributed by atoms with Gasteiger partial charge >= 0.3 is 12.4 Å². The van der Waals surface area contributed by atoms with Crippen LogP contribution in [0, 0.1) is 5.92 Å². The Bertz CT molecular complexity index is 328. The lowest BCUT2D eigenvalue weighted by Gasteiger charge is -2.44. The zero-order chi connectivity index (χ0) is 17.5. The van der Waals surface area contributed by atoms with Crippen LogP contribution in [-0.2, 0) is 4.74 Å². The molecule has 1 nitrogen and oxygen atoms in total. The van der Waals surface area contributed by atoms with Gasteiger partial charge in [-0.1, -0.05) is 13.8 Å². The lowest BCUT2D eigenvalue weighted by atomic mass is 9.84. The van der Waals surface area contributed by atoms with Crippen LogP contribution in [0.25, 0.3) is 0 Å². The van der Waals surface area contributed by atoms with Crippen molar-refractivity contribution in [1.29, 1.82) is 0 Å². The third kappa shape index (κ3) is 3.40. The van der Waals surface area contributed by atoms with E-state index in [1.165, 1.54) is 13.8 Å². The molecule has 0 saturated heterocycles.